The fourth-order valence-electron chi connectivity index (χ4n) is 3.85. The molecule has 3 rings (SSSR count). The quantitative estimate of drug-likeness (QED) is 0.265. The number of anilines is 1. The normalized spacial score (nSPS) is 12.2. The number of nitrogens with zero attached hydrogens (tertiary/aromatic N) is 2. The van der Waals surface area contributed by atoms with E-state index in [4.69, 9.17) is 46.4 Å². The van der Waals surface area contributed by atoms with Gasteiger partial charge in [-0.3, -0.25) is 13.9 Å². The summed E-state index contributed by atoms with van der Waals surface area (Å²) in [5.74, 6) is -1.05. The Morgan fingerprint density at radius 1 is 0.850 bits per heavy atom. The van der Waals surface area contributed by atoms with Crippen molar-refractivity contribution in [1.29, 1.82) is 0 Å². The predicted octanol–water partition coefficient (Wildman–Crippen LogP) is 6.75. The molecule has 0 heterocycles. The zero-order chi connectivity index (χ0) is 29.8. The van der Waals surface area contributed by atoms with Gasteiger partial charge in [0.1, 0.15) is 12.6 Å². The van der Waals surface area contributed by atoms with Gasteiger partial charge >= 0.3 is 0 Å². The van der Waals surface area contributed by atoms with E-state index in [-0.39, 0.29) is 38.2 Å². The lowest BCUT2D eigenvalue weighted by Crippen LogP contribution is -2.52. The Kier molecular flexibility index (Phi) is 10.8. The van der Waals surface area contributed by atoms with E-state index in [1.165, 1.54) is 35.2 Å². The second kappa shape index (κ2) is 13.4. The first-order chi connectivity index (χ1) is 18.7. The Morgan fingerprint density at radius 3 is 2.08 bits per heavy atom. The molecule has 3 aromatic carbocycles. The number of hydrogen-bond donors (Lipinski definition) is 1. The fourth-order valence-corrected chi connectivity index (χ4v) is 6.03. The minimum Gasteiger partial charge on any atom is -0.352 e. The molecule has 2 amide bonds. The van der Waals surface area contributed by atoms with Crippen molar-refractivity contribution in [1.82, 2.24) is 10.2 Å². The third-order valence-electron chi connectivity index (χ3n) is 6.00. The van der Waals surface area contributed by atoms with Gasteiger partial charge in [-0.25, -0.2) is 8.42 Å². The van der Waals surface area contributed by atoms with Crippen molar-refractivity contribution in [3.63, 3.8) is 0 Å². The minimum absolute atomic E-state index is 0.0249. The van der Waals surface area contributed by atoms with Crippen molar-refractivity contribution in [2.75, 3.05) is 10.8 Å². The average molecular weight is 645 g/mol. The van der Waals surface area contributed by atoms with E-state index in [1.807, 2.05) is 6.92 Å². The van der Waals surface area contributed by atoms with Crippen LogP contribution in [0, 0.1) is 6.92 Å². The van der Waals surface area contributed by atoms with Crippen molar-refractivity contribution in [2.24, 2.45) is 0 Å². The molecule has 40 heavy (non-hydrogen) atoms. The van der Waals surface area contributed by atoms with Crippen LogP contribution in [0.3, 0.4) is 0 Å². The molecule has 0 unspecified atom stereocenters. The summed E-state index contributed by atoms with van der Waals surface area (Å²) in [6.45, 7) is 6.30. The van der Waals surface area contributed by atoms with Gasteiger partial charge in [0, 0.05) is 17.6 Å². The summed E-state index contributed by atoms with van der Waals surface area (Å²) in [6, 6.07) is 14.3. The molecule has 0 saturated carbocycles. The van der Waals surface area contributed by atoms with E-state index >= 15 is 0 Å². The molecule has 3 aromatic rings. The van der Waals surface area contributed by atoms with E-state index in [0.717, 1.165) is 9.87 Å². The summed E-state index contributed by atoms with van der Waals surface area (Å²) < 4.78 is 28.7. The third kappa shape index (κ3) is 7.83. The highest BCUT2D eigenvalue weighted by Crippen LogP contribution is 2.33. The minimum atomic E-state index is -4.29. The Bertz CT molecular complexity index is 1500. The van der Waals surface area contributed by atoms with Gasteiger partial charge in [-0.15, -0.1) is 0 Å². The second-order valence-corrected chi connectivity index (χ2v) is 13.1. The van der Waals surface area contributed by atoms with Gasteiger partial charge in [-0.05, 0) is 75.7 Å². The summed E-state index contributed by atoms with van der Waals surface area (Å²) >= 11 is 24.9. The molecule has 12 heteroatoms. The zero-order valence-electron chi connectivity index (χ0n) is 22.3. The average Bonchev–Trinajstić information content (AvgIpc) is 2.88. The molecule has 0 fully saturated rings. The summed E-state index contributed by atoms with van der Waals surface area (Å²) in [6.07, 6.45) is 0. The topological polar surface area (TPSA) is 86.8 Å². The van der Waals surface area contributed by atoms with Crippen LogP contribution in [-0.2, 0) is 26.2 Å². The van der Waals surface area contributed by atoms with Gasteiger partial charge in [0.05, 0.1) is 25.7 Å². The van der Waals surface area contributed by atoms with Crippen LogP contribution in [0.2, 0.25) is 20.1 Å². The van der Waals surface area contributed by atoms with Crippen LogP contribution in [0.25, 0.3) is 0 Å². The molecule has 0 saturated heterocycles. The third-order valence-corrected chi connectivity index (χ3v) is 9.07. The van der Waals surface area contributed by atoms with Gasteiger partial charge in [-0.2, -0.15) is 0 Å². The van der Waals surface area contributed by atoms with Gasteiger partial charge < -0.3 is 10.2 Å². The molecular formula is C28H29Cl4N3O4S. The smallest absolute Gasteiger partial charge is 0.264 e. The maximum Gasteiger partial charge on any atom is 0.264 e. The van der Waals surface area contributed by atoms with Crippen LogP contribution in [0.1, 0.15) is 31.9 Å². The number of carbonyl (C=O) groups excluding carboxylic acids is 2. The summed E-state index contributed by atoms with van der Waals surface area (Å²) in [7, 11) is -4.29. The fraction of sp³-hybridized carbons (Fsp3) is 0.286. The molecule has 0 aliphatic rings. The lowest BCUT2D eigenvalue weighted by atomic mass is 10.1. The molecule has 0 aromatic heterocycles. The predicted molar refractivity (Wildman–Crippen MR) is 162 cm³/mol. The van der Waals surface area contributed by atoms with E-state index < -0.39 is 34.4 Å². The Balaban J connectivity index is 2.09. The molecular weight excluding hydrogens is 616 g/mol. The zero-order valence-corrected chi connectivity index (χ0v) is 26.1. The molecule has 0 aliphatic carbocycles. The van der Waals surface area contributed by atoms with E-state index in [1.54, 1.807) is 51.1 Å². The first-order valence-corrected chi connectivity index (χ1v) is 15.2. The SMILES string of the molecule is Cc1ccc(S(=O)(=O)N(CC(=O)N(Cc2ccc(Cl)c(Cl)c2)[C@H](C)C(=O)NC(C)C)c2cc(Cl)ccc2Cl)cc1. The number of sulfonamides is 1. The Hall–Kier alpha value is -2.49. The number of nitrogens with one attached hydrogen (secondary N) is 1. The van der Waals surface area contributed by atoms with Crippen LogP contribution in [0.4, 0.5) is 5.69 Å². The monoisotopic (exact) mass is 643 g/mol. The number of aryl methyl sites for hydroxylation is 1. The van der Waals surface area contributed by atoms with Crippen LogP contribution >= 0.6 is 46.4 Å². The van der Waals surface area contributed by atoms with Crippen molar-refractivity contribution in [2.45, 2.75) is 51.2 Å². The molecule has 1 atom stereocenters. The number of halogens is 4. The Morgan fingerprint density at radius 2 is 1.48 bits per heavy atom. The summed E-state index contributed by atoms with van der Waals surface area (Å²) in [5.41, 5.74) is 1.48. The molecule has 7 nitrogen and oxygen atoms in total. The highest BCUT2D eigenvalue weighted by Gasteiger charge is 2.33. The van der Waals surface area contributed by atoms with Crippen LogP contribution < -0.4 is 9.62 Å². The standard InChI is InChI=1S/C28H29Cl4N3O4S/c1-17(2)33-28(37)19(4)34(15-20-7-11-23(30)25(32)13-20)27(36)16-35(26-14-21(29)8-12-24(26)31)40(38,39)22-9-5-18(3)6-10-22/h5-14,17,19H,15-16H2,1-4H3,(H,33,37)/t19-/m1/s1. The number of benzene rings is 3. The number of hydrogen-bond acceptors (Lipinski definition) is 4. The van der Waals surface area contributed by atoms with E-state index in [0.29, 0.717) is 10.6 Å². The van der Waals surface area contributed by atoms with E-state index in [9.17, 15) is 18.0 Å². The molecule has 1 N–H and O–H groups in total. The van der Waals surface area contributed by atoms with Crippen LogP contribution in [-0.4, -0.2) is 43.8 Å². The lowest BCUT2D eigenvalue weighted by Gasteiger charge is -2.32. The maximum absolute atomic E-state index is 13.9. The lowest BCUT2D eigenvalue weighted by molar-refractivity contribution is -0.139. The first kappa shape index (κ1) is 32.0. The molecule has 0 spiro atoms. The van der Waals surface area contributed by atoms with Gasteiger partial charge in [-0.1, -0.05) is 70.2 Å². The number of carbonyl (C=O) groups is 2. The number of rotatable bonds is 10. The number of amides is 2. The maximum atomic E-state index is 13.9. The van der Waals surface area contributed by atoms with Crippen LogP contribution in [0.5, 0.6) is 0 Å². The van der Waals surface area contributed by atoms with Crippen molar-refractivity contribution in [3.8, 4) is 0 Å². The summed E-state index contributed by atoms with van der Waals surface area (Å²) in [5, 5.41) is 3.72. The molecule has 0 aliphatic heterocycles. The summed E-state index contributed by atoms with van der Waals surface area (Å²) in [4.78, 5) is 28.2. The highest BCUT2D eigenvalue weighted by atomic mass is 35.5. The first-order valence-electron chi connectivity index (χ1n) is 12.3. The van der Waals surface area contributed by atoms with Gasteiger partial charge in [0.2, 0.25) is 11.8 Å². The second-order valence-electron chi connectivity index (χ2n) is 9.53. The van der Waals surface area contributed by atoms with E-state index in [2.05, 4.69) is 5.32 Å². The molecule has 0 radical (unpaired) electrons. The van der Waals surface area contributed by atoms with Crippen molar-refractivity contribution < 1.29 is 18.0 Å². The van der Waals surface area contributed by atoms with Gasteiger partial charge in [0.15, 0.2) is 0 Å². The largest absolute Gasteiger partial charge is 0.352 e. The molecule has 214 valence electrons. The van der Waals surface area contributed by atoms with Crippen LogP contribution in [0.15, 0.2) is 65.6 Å². The van der Waals surface area contributed by atoms with Crippen molar-refractivity contribution in [3.05, 3.63) is 91.9 Å². The molecule has 0 bridgehead atoms. The van der Waals surface area contributed by atoms with Crippen molar-refractivity contribution >= 4 is 73.9 Å². The van der Waals surface area contributed by atoms with Gasteiger partial charge in [0.25, 0.3) is 10.0 Å². The Labute approximate surface area is 255 Å². The highest BCUT2D eigenvalue weighted by molar-refractivity contribution is 7.92.